The molecular weight excluding hydrogens is 640 g/mol. The summed E-state index contributed by atoms with van der Waals surface area (Å²) in [5, 5.41) is 16.7. The van der Waals surface area contributed by atoms with Crippen LogP contribution in [0.5, 0.6) is 0 Å². The fourth-order valence-electron chi connectivity index (χ4n) is 6.80. The highest BCUT2D eigenvalue weighted by Gasteiger charge is 2.74. The van der Waals surface area contributed by atoms with Gasteiger partial charge in [0.2, 0.25) is 17.7 Å². The number of benzene rings is 1. The molecule has 49 heavy (non-hydrogen) atoms. The molecule has 0 spiro atoms. The van der Waals surface area contributed by atoms with Gasteiger partial charge in [-0.05, 0) is 44.4 Å². The minimum absolute atomic E-state index is 0.0154. The van der Waals surface area contributed by atoms with Gasteiger partial charge in [0.05, 0.1) is 19.2 Å². The first-order valence-corrected chi connectivity index (χ1v) is 16.5. The summed E-state index contributed by atoms with van der Waals surface area (Å²) in [6, 6.07) is 5.54. The van der Waals surface area contributed by atoms with E-state index in [2.05, 4.69) is 10.6 Å². The van der Waals surface area contributed by atoms with E-state index in [-0.39, 0.29) is 58.1 Å². The van der Waals surface area contributed by atoms with Crippen molar-refractivity contribution in [3.05, 3.63) is 41.5 Å². The number of ether oxygens (including phenoxy) is 4. The van der Waals surface area contributed by atoms with Crippen molar-refractivity contribution in [2.75, 3.05) is 34.0 Å². The lowest BCUT2D eigenvalue weighted by Crippen LogP contribution is -2.69. The zero-order chi connectivity index (χ0) is 35.5. The van der Waals surface area contributed by atoms with Crippen molar-refractivity contribution in [1.29, 1.82) is 0 Å². The molecule has 0 aromatic heterocycles. The maximum atomic E-state index is 14.2. The Morgan fingerprint density at radius 2 is 1.88 bits per heavy atom. The van der Waals surface area contributed by atoms with Crippen LogP contribution in [0.3, 0.4) is 0 Å². The summed E-state index contributed by atoms with van der Waals surface area (Å²) in [5.74, 6) is -2.18. The lowest BCUT2D eigenvalue weighted by Gasteiger charge is -2.48. The lowest BCUT2D eigenvalue weighted by molar-refractivity contribution is -0.201. The van der Waals surface area contributed by atoms with E-state index in [9.17, 15) is 29.1 Å². The first kappa shape index (κ1) is 36.4. The number of hydrogen-bond donors (Lipinski definition) is 3. The van der Waals surface area contributed by atoms with Crippen molar-refractivity contribution >= 4 is 35.7 Å². The first-order chi connectivity index (χ1) is 23.2. The van der Waals surface area contributed by atoms with E-state index < -0.39 is 71.3 Å². The van der Waals surface area contributed by atoms with E-state index in [0.717, 1.165) is 11.1 Å². The van der Waals surface area contributed by atoms with Crippen molar-refractivity contribution in [2.45, 2.75) is 95.1 Å². The molecule has 3 amide bonds. The number of amides is 3. The van der Waals surface area contributed by atoms with Gasteiger partial charge in [-0.1, -0.05) is 24.3 Å². The Morgan fingerprint density at radius 1 is 1.14 bits per heavy atom. The van der Waals surface area contributed by atoms with Crippen LogP contribution in [0.4, 0.5) is 0 Å². The molecule has 15 heteroatoms. The molecule has 1 saturated carbocycles. The highest BCUT2D eigenvalue weighted by atomic mass is 16.8. The predicted molar refractivity (Wildman–Crippen MR) is 172 cm³/mol. The Bertz CT molecular complexity index is 1460. The second-order valence-corrected chi connectivity index (χ2v) is 13.9. The number of hydroxylamine groups is 2. The van der Waals surface area contributed by atoms with Crippen LogP contribution < -0.4 is 10.6 Å². The van der Waals surface area contributed by atoms with Crippen molar-refractivity contribution < 1.29 is 52.9 Å². The van der Waals surface area contributed by atoms with Crippen LogP contribution in [0.1, 0.15) is 57.6 Å². The second kappa shape index (κ2) is 14.9. The maximum absolute atomic E-state index is 14.2. The molecule has 1 aromatic rings. The molecule has 1 aliphatic carbocycles. The van der Waals surface area contributed by atoms with E-state index in [1.165, 1.54) is 16.0 Å². The molecule has 3 heterocycles. The summed E-state index contributed by atoms with van der Waals surface area (Å²) >= 11 is 0. The number of hydrogen-bond acceptors (Lipinski definition) is 12. The SMILES string of the molecule is CN(C)C(=O)C=Cc1ccccc1CN1OC2C3OCOC3C3CC2(C(=O)NCCC(=O)NC(CO)CCC(=O)OC(C)(C)C)C1C(=O)O3. The zero-order valence-electron chi connectivity index (χ0n) is 28.5. The number of aliphatic hydroxyl groups is 1. The molecule has 4 aliphatic rings. The molecule has 5 rings (SSSR count). The fourth-order valence-corrected chi connectivity index (χ4v) is 6.80. The number of carbonyl (C=O) groups is 5. The van der Waals surface area contributed by atoms with Gasteiger partial charge in [0, 0.05) is 46.0 Å². The van der Waals surface area contributed by atoms with Crippen LogP contribution >= 0.6 is 0 Å². The van der Waals surface area contributed by atoms with E-state index in [1.54, 1.807) is 40.9 Å². The van der Waals surface area contributed by atoms with Gasteiger partial charge in [0.25, 0.3) is 0 Å². The average molecular weight is 687 g/mol. The third-order valence-electron chi connectivity index (χ3n) is 9.06. The number of likely N-dealkylation sites (N-methyl/N-ethyl adjacent to an activating group) is 1. The molecule has 3 aliphatic heterocycles. The Morgan fingerprint density at radius 3 is 2.59 bits per heavy atom. The summed E-state index contributed by atoms with van der Waals surface area (Å²) in [7, 11) is 3.31. The molecule has 7 atom stereocenters. The van der Waals surface area contributed by atoms with Crippen LogP contribution in [-0.4, -0.2) is 121 Å². The van der Waals surface area contributed by atoms with Crippen molar-refractivity contribution in [3.8, 4) is 0 Å². The number of nitrogens with one attached hydrogen (secondary N) is 2. The Balaban J connectivity index is 1.28. The third-order valence-corrected chi connectivity index (χ3v) is 9.06. The van der Waals surface area contributed by atoms with Crippen LogP contribution in [0.2, 0.25) is 0 Å². The topological polar surface area (TPSA) is 182 Å². The molecule has 3 saturated heterocycles. The third kappa shape index (κ3) is 7.96. The first-order valence-electron chi connectivity index (χ1n) is 16.5. The minimum Gasteiger partial charge on any atom is -0.460 e. The summed E-state index contributed by atoms with van der Waals surface area (Å²) in [6.07, 6.45) is 0.447. The molecule has 7 unspecified atom stereocenters. The Kier molecular flexibility index (Phi) is 11.1. The number of nitrogens with zero attached hydrogens (tertiary/aromatic N) is 2. The summed E-state index contributed by atoms with van der Waals surface area (Å²) in [5.41, 5.74) is -0.572. The molecule has 15 nitrogen and oxygen atoms in total. The van der Waals surface area contributed by atoms with E-state index in [1.807, 2.05) is 24.3 Å². The van der Waals surface area contributed by atoms with Gasteiger partial charge in [-0.2, -0.15) is 5.06 Å². The van der Waals surface area contributed by atoms with Gasteiger partial charge in [-0.25, -0.2) is 0 Å². The minimum atomic E-state index is -1.40. The van der Waals surface area contributed by atoms with Gasteiger partial charge in [-0.3, -0.25) is 28.8 Å². The fraction of sp³-hybridized carbons (Fsp3) is 0.618. The van der Waals surface area contributed by atoms with E-state index >= 15 is 0 Å². The Labute approximate surface area is 285 Å². The molecular formula is C34H46N4O11. The maximum Gasteiger partial charge on any atom is 0.327 e. The van der Waals surface area contributed by atoms with Crippen LogP contribution in [0, 0.1) is 5.41 Å². The molecule has 3 N–H and O–H groups in total. The largest absolute Gasteiger partial charge is 0.460 e. The van der Waals surface area contributed by atoms with Gasteiger partial charge < -0.3 is 39.6 Å². The second-order valence-electron chi connectivity index (χ2n) is 13.9. The summed E-state index contributed by atoms with van der Waals surface area (Å²) in [6.45, 7) is 4.88. The number of esters is 2. The van der Waals surface area contributed by atoms with Crippen LogP contribution in [-0.2, 0) is 54.3 Å². The highest BCUT2D eigenvalue weighted by Crippen LogP contribution is 2.55. The number of carbonyl (C=O) groups excluding carboxylic acids is 5. The number of fused-ring (bicyclic) bond motifs is 4. The van der Waals surface area contributed by atoms with Gasteiger partial charge in [0.15, 0.2) is 6.04 Å². The normalized spacial score (nSPS) is 28.0. The van der Waals surface area contributed by atoms with Crippen LogP contribution in [0.15, 0.2) is 30.3 Å². The predicted octanol–water partition coefficient (Wildman–Crippen LogP) is 0.435. The van der Waals surface area contributed by atoms with Gasteiger partial charge in [-0.15, -0.1) is 0 Å². The highest BCUT2D eigenvalue weighted by molar-refractivity contribution is 5.94. The molecule has 268 valence electrons. The van der Waals surface area contributed by atoms with E-state index in [4.69, 9.17) is 23.8 Å². The Hall–Kier alpha value is -3.89. The van der Waals surface area contributed by atoms with Crippen molar-refractivity contribution in [2.24, 2.45) is 5.41 Å². The van der Waals surface area contributed by atoms with Gasteiger partial charge >= 0.3 is 11.9 Å². The van der Waals surface area contributed by atoms with Crippen molar-refractivity contribution in [3.63, 3.8) is 0 Å². The molecule has 1 aromatic carbocycles. The molecule has 4 fully saturated rings. The number of rotatable bonds is 13. The molecule has 0 radical (unpaired) electrons. The number of aliphatic hydroxyl groups excluding tert-OH is 1. The quantitative estimate of drug-likeness (QED) is 0.193. The lowest BCUT2D eigenvalue weighted by atomic mass is 9.62. The average Bonchev–Trinajstić information content (AvgIpc) is 3.66. The van der Waals surface area contributed by atoms with Gasteiger partial charge in [0.1, 0.15) is 42.2 Å². The zero-order valence-corrected chi connectivity index (χ0v) is 28.5. The van der Waals surface area contributed by atoms with E-state index in [0.29, 0.717) is 0 Å². The smallest absolute Gasteiger partial charge is 0.327 e. The van der Waals surface area contributed by atoms with Crippen molar-refractivity contribution in [1.82, 2.24) is 20.6 Å². The standard InChI is InChI=1S/C34H46N4O11/c1-33(2,3)48-26(42)13-11-22(18-39)36-24(40)14-15-35-32(44)34-16-23-27-28(46-19-45-27)30(34)49-38(29(34)31(43)47-23)17-21-9-7-6-8-20(21)10-12-25(41)37(4)5/h6-10,12,22-23,27-30,39H,11,13-19H2,1-5H3,(H,35,44)(H,36,40). The molecule has 2 bridgehead atoms. The summed E-state index contributed by atoms with van der Waals surface area (Å²) in [4.78, 5) is 72.8. The summed E-state index contributed by atoms with van der Waals surface area (Å²) < 4.78 is 22.7. The monoisotopic (exact) mass is 686 g/mol. The van der Waals surface area contributed by atoms with Crippen LogP contribution in [0.25, 0.3) is 6.08 Å².